The van der Waals surface area contributed by atoms with Crippen molar-refractivity contribution in [3.05, 3.63) is 106 Å². The number of hydrogen-bond acceptors (Lipinski definition) is 4. The first-order chi connectivity index (χ1) is 17.4. The van der Waals surface area contributed by atoms with Crippen LogP contribution in [0.5, 0.6) is 5.75 Å². The fraction of sp³-hybridized carbons (Fsp3) is 0.107. The predicted octanol–water partition coefficient (Wildman–Crippen LogP) is 6.56. The molecule has 1 atom stereocenters. The van der Waals surface area contributed by atoms with Crippen LogP contribution >= 0.6 is 27.5 Å². The first-order valence-corrected chi connectivity index (χ1v) is 12.4. The van der Waals surface area contributed by atoms with Crippen molar-refractivity contribution in [1.82, 2.24) is 5.43 Å². The van der Waals surface area contributed by atoms with Crippen LogP contribution in [-0.4, -0.2) is 18.0 Å². The van der Waals surface area contributed by atoms with Crippen LogP contribution in [0.1, 0.15) is 18.1 Å². The molecule has 0 aliphatic rings. The molecular weight excluding hydrogens is 542 g/mol. The Balaban J connectivity index is 1.48. The van der Waals surface area contributed by atoms with Crippen LogP contribution in [0.2, 0.25) is 5.02 Å². The molecule has 2 amide bonds. The monoisotopic (exact) mass is 563 g/mol. The quantitative estimate of drug-likeness (QED) is 0.144. The maximum absolute atomic E-state index is 12.6. The summed E-state index contributed by atoms with van der Waals surface area (Å²) >= 11 is 9.35. The highest BCUT2D eigenvalue weighted by atomic mass is 79.9. The Hall–Kier alpha value is -3.68. The summed E-state index contributed by atoms with van der Waals surface area (Å²) in [5, 5.41) is 9.46. The third-order valence-electron chi connectivity index (χ3n) is 5.52. The van der Waals surface area contributed by atoms with Crippen LogP contribution in [0.15, 0.2) is 94.5 Å². The van der Waals surface area contributed by atoms with Gasteiger partial charge in [-0.1, -0.05) is 66.2 Å². The van der Waals surface area contributed by atoms with E-state index in [0.29, 0.717) is 28.6 Å². The molecule has 2 N–H and O–H groups in total. The van der Waals surface area contributed by atoms with Gasteiger partial charge in [0.1, 0.15) is 18.3 Å². The number of benzene rings is 4. The molecule has 0 aromatic heterocycles. The van der Waals surface area contributed by atoms with Gasteiger partial charge in [0.15, 0.2) is 0 Å². The Kier molecular flexibility index (Phi) is 8.36. The predicted molar refractivity (Wildman–Crippen MR) is 147 cm³/mol. The second-order valence-electron chi connectivity index (χ2n) is 8.04. The van der Waals surface area contributed by atoms with E-state index in [1.54, 1.807) is 18.2 Å². The topological polar surface area (TPSA) is 79.8 Å². The minimum Gasteiger partial charge on any atom is -0.488 e. The van der Waals surface area contributed by atoms with Gasteiger partial charge in [0.05, 0.1) is 11.9 Å². The second-order valence-corrected chi connectivity index (χ2v) is 9.33. The third kappa shape index (κ3) is 6.30. The Bertz CT molecular complexity index is 1420. The third-order valence-corrected chi connectivity index (χ3v) is 6.47. The molecule has 0 aliphatic carbocycles. The summed E-state index contributed by atoms with van der Waals surface area (Å²) in [6.07, 6.45) is 1.54. The zero-order valence-corrected chi connectivity index (χ0v) is 21.7. The normalized spacial score (nSPS) is 11.9. The van der Waals surface area contributed by atoms with Crippen LogP contribution in [-0.2, 0) is 16.2 Å². The van der Waals surface area contributed by atoms with Crippen LogP contribution in [0.4, 0.5) is 5.69 Å². The number of nitrogens with one attached hydrogen (secondary N) is 2. The van der Waals surface area contributed by atoms with E-state index in [4.69, 9.17) is 16.3 Å². The molecule has 0 saturated heterocycles. The van der Waals surface area contributed by atoms with Crippen LogP contribution in [0.3, 0.4) is 0 Å². The summed E-state index contributed by atoms with van der Waals surface area (Å²) < 4.78 is 6.80. The van der Waals surface area contributed by atoms with E-state index >= 15 is 0 Å². The first-order valence-electron chi connectivity index (χ1n) is 11.2. The van der Waals surface area contributed by atoms with Crippen molar-refractivity contribution < 1.29 is 14.3 Å². The summed E-state index contributed by atoms with van der Waals surface area (Å²) in [4.78, 5) is 25.1. The number of anilines is 1. The van der Waals surface area contributed by atoms with Gasteiger partial charge in [-0.05, 0) is 69.5 Å². The molecule has 0 heterocycles. The molecule has 182 valence electrons. The van der Waals surface area contributed by atoms with Crippen molar-refractivity contribution in [3.63, 3.8) is 0 Å². The number of hydrogen-bond donors (Lipinski definition) is 2. The summed E-state index contributed by atoms with van der Waals surface area (Å²) in [5.74, 6) is -1.31. The van der Waals surface area contributed by atoms with Gasteiger partial charge in [-0.3, -0.25) is 9.59 Å². The minimum absolute atomic E-state index is 0.342. The molecular formula is C28H23BrClN3O3. The SMILES string of the molecule is CC(C(=O)NN=Cc1c(OCc2ccc(Cl)cc2)ccc2ccccc12)C(=O)Nc1ccccc1Br. The zero-order valence-electron chi connectivity index (χ0n) is 19.4. The van der Waals surface area contributed by atoms with Gasteiger partial charge in [-0.2, -0.15) is 5.10 Å². The second kappa shape index (κ2) is 11.8. The van der Waals surface area contributed by atoms with E-state index in [9.17, 15) is 9.59 Å². The summed E-state index contributed by atoms with van der Waals surface area (Å²) in [6, 6.07) is 26.3. The number of rotatable bonds is 8. The van der Waals surface area contributed by atoms with Crippen molar-refractivity contribution >= 4 is 62.0 Å². The molecule has 0 saturated carbocycles. The van der Waals surface area contributed by atoms with Gasteiger partial charge >= 0.3 is 0 Å². The van der Waals surface area contributed by atoms with E-state index in [2.05, 4.69) is 31.8 Å². The molecule has 0 bridgehead atoms. The Morgan fingerprint density at radius 1 is 0.972 bits per heavy atom. The number of carbonyl (C=O) groups excluding carboxylic acids is 2. The molecule has 0 aliphatic heterocycles. The lowest BCUT2D eigenvalue weighted by Crippen LogP contribution is -2.34. The first kappa shape index (κ1) is 25.4. The van der Waals surface area contributed by atoms with Gasteiger partial charge in [0, 0.05) is 15.1 Å². The van der Waals surface area contributed by atoms with Crippen LogP contribution in [0, 0.1) is 5.92 Å². The molecule has 0 spiro atoms. The highest BCUT2D eigenvalue weighted by Crippen LogP contribution is 2.28. The van der Waals surface area contributed by atoms with E-state index in [1.165, 1.54) is 13.1 Å². The minimum atomic E-state index is -0.956. The average Bonchev–Trinajstić information content (AvgIpc) is 2.89. The van der Waals surface area contributed by atoms with Crippen molar-refractivity contribution in [2.45, 2.75) is 13.5 Å². The molecule has 6 nitrogen and oxygen atoms in total. The van der Waals surface area contributed by atoms with E-state index in [0.717, 1.165) is 20.8 Å². The van der Waals surface area contributed by atoms with Gasteiger partial charge in [-0.25, -0.2) is 5.43 Å². The lowest BCUT2D eigenvalue weighted by Gasteiger charge is -2.13. The van der Waals surface area contributed by atoms with Crippen LogP contribution < -0.4 is 15.5 Å². The number of ether oxygens (including phenoxy) is 1. The van der Waals surface area contributed by atoms with Crippen molar-refractivity contribution in [1.29, 1.82) is 0 Å². The number of halogens is 2. The van der Waals surface area contributed by atoms with E-state index in [1.807, 2.05) is 66.7 Å². The van der Waals surface area contributed by atoms with Gasteiger partial charge < -0.3 is 10.1 Å². The molecule has 36 heavy (non-hydrogen) atoms. The van der Waals surface area contributed by atoms with Gasteiger partial charge in [-0.15, -0.1) is 0 Å². The molecule has 1 unspecified atom stereocenters. The van der Waals surface area contributed by atoms with Gasteiger partial charge in [0.2, 0.25) is 5.91 Å². The number of carbonyl (C=O) groups is 2. The van der Waals surface area contributed by atoms with Crippen molar-refractivity contribution in [2.24, 2.45) is 11.0 Å². The highest BCUT2D eigenvalue weighted by Gasteiger charge is 2.22. The molecule has 0 radical (unpaired) electrons. The average molecular weight is 565 g/mol. The fourth-order valence-electron chi connectivity index (χ4n) is 3.46. The maximum Gasteiger partial charge on any atom is 0.252 e. The zero-order chi connectivity index (χ0) is 25.5. The molecule has 8 heteroatoms. The van der Waals surface area contributed by atoms with Crippen molar-refractivity contribution in [2.75, 3.05) is 5.32 Å². The molecule has 0 fully saturated rings. The number of amides is 2. The Morgan fingerprint density at radius 2 is 1.69 bits per heavy atom. The van der Waals surface area contributed by atoms with E-state index in [-0.39, 0.29) is 0 Å². The summed E-state index contributed by atoms with van der Waals surface area (Å²) in [7, 11) is 0. The molecule has 4 aromatic rings. The van der Waals surface area contributed by atoms with Crippen molar-refractivity contribution in [3.8, 4) is 5.75 Å². The largest absolute Gasteiger partial charge is 0.488 e. The smallest absolute Gasteiger partial charge is 0.252 e. The standard InChI is InChI=1S/C28H23BrClN3O3/c1-18(27(34)32-25-9-5-4-8-24(25)29)28(35)33-31-16-23-22-7-3-2-6-20(22)12-15-26(23)36-17-19-10-13-21(30)14-11-19/h2-16,18H,17H2,1H3,(H,32,34)(H,33,35). The number of hydrazone groups is 1. The molecule has 4 rings (SSSR count). The Labute approximate surface area is 222 Å². The number of nitrogens with zero attached hydrogens (tertiary/aromatic N) is 1. The number of fused-ring (bicyclic) bond motifs is 1. The fourth-order valence-corrected chi connectivity index (χ4v) is 3.97. The number of para-hydroxylation sites is 1. The maximum atomic E-state index is 12.6. The van der Waals surface area contributed by atoms with E-state index < -0.39 is 17.7 Å². The Morgan fingerprint density at radius 3 is 2.47 bits per heavy atom. The highest BCUT2D eigenvalue weighted by molar-refractivity contribution is 9.10. The van der Waals surface area contributed by atoms with Crippen LogP contribution in [0.25, 0.3) is 10.8 Å². The summed E-state index contributed by atoms with van der Waals surface area (Å²) in [5.41, 5.74) is 4.74. The lowest BCUT2D eigenvalue weighted by atomic mass is 10.0. The van der Waals surface area contributed by atoms with Gasteiger partial charge in [0.25, 0.3) is 5.91 Å². The summed E-state index contributed by atoms with van der Waals surface area (Å²) in [6.45, 7) is 1.87. The lowest BCUT2D eigenvalue weighted by molar-refractivity contribution is -0.131. The molecule has 4 aromatic carbocycles.